The smallest absolute Gasteiger partial charge is 0.137 e. The molecule has 0 amide bonds. The molecule has 5 aromatic carbocycles. The number of nitriles is 1. The molecule has 0 aliphatic heterocycles. The summed E-state index contributed by atoms with van der Waals surface area (Å²) < 4.78 is 8.59. The lowest BCUT2D eigenvalue weighted by Crippen LogP contribution is -1.94. The molecule has 8 rings (SSSR count). The molecule has 186 valence electrons. The summed E-state index contributed by atoms with van der Waals surface area (Å²) in [6.45, 7) is 0. The maximum absolute atomic E-state index is 9.59. The van der Waals surface area contributed by atoms with Crippen molar-refractivity contribution in [1.82, 2.24) is 9.55 Å². The van der Waals surface area contributed by atoms with E-state index in [0.717, 1.165) is 55.3 Å². The first-order valence-electron chi connectivity index (χ1n) is 13.2. The summed E-state index contributed by atoms with van der Waals surface area (Å²) in [7, 11) is 0. The topological polar surface area (TPSA) is 54.8 Å². The number of benzene rings is 5. The zero-order chi connectivity index (χ0) is 26.6. The van der Waals surface area contributed by atoms with Crippen LogP contribution in [0.1, 0.15) is 5.56 Å². The maximum Gasteiger partial charge on any atom is 0.137 e. The molecular weight excluding hydrogens is 490 g/mol. The van der Waals surface area contributed by atoms with Crippen molar-refractivity contribution in [2.75, 3.05) is 0 Å². The number of furan rings is 1. The van der Waals surface area contributed by atoms with Crippen LogP contribution in [0.5, 0.6) is 0 Å². The molecule has 3 heterocycles. The summed E-state index contributed by atoms with van der Waals surface area (Å²) in [5.74, 6) is 0. The molecule has 0 radical (unpaired) electrons. The molecule has 0 saturated heterocycles. The van der Waals surface area contributed by atoms with E-state index in [9.17, 15) is 5.26 Å². The number of nitrogens with zero attached hydrogens (tertiary/aromatic N) is 3. The van der Waals surface area contributed by atoms with Crippen LogP contribution in [0.15, 0.2) is 132 Å². The van der Waals surface area contributed by atoms with E-state index in [4.69, 9.17) is 4.42 Å². The minimum absolute atomic E-state index is 0.565. The largest absolute Gasteiger partial charge is 0.456 e. The Morgan fingerprint density at radius 1 is 0.575 bits per heavy atom. The highest BCUT2D eigenvalue weighted by Gasteiger charge is 2.16. The molecule has 0 saturated carbocycles. The highest BCUT2D eigenvalue weighted by atomic mass is 16.3. The number of aromatic nitrogens is 2. The zero-order valence-electron chi connectivity index (χ0n) is 21.4. The van der Waals surface area contributed by atoms with E-state index >= 15 is 0 Å². The molecule has 0 aliphatic rings. The summed E-state index contributed by atoms with van der Waals surface area (Å²) in [5, 5.41) is 14.2. The summed E-state index contributed by atoms with van der Waals surface area (Å²) >= 11 is 0. The third kappa shape index (κ3) is 3.35. The average Bonchev–Trinajstić information content (AvgIpc) is 3.55. The van der Waals surface area contributed by atoms with Gasteiger partial charge in [0, 0.05) is 45.1 Å². The van der Waals surface area contributed by atoms with E-state index in [0.29, 0.717) is 11.3 Å². The van der Waals surface area contributed by atoms with Gasteiger partial charge in [-0.25, -0.2) is 0 Å². The molecule has 0 atom stereocenters. The SMILES string of the molecule is N#Cc1cccnc1-c1cccc(-c2cccc(-n3c4ccccc4c4cc5c(cc43)oc3ccccc35)c2)c1. The highest BCUT2D eigenvalue weighted by Crippen LogP contribution is 2.38. The second-order valence-electron chi connectivity index (χ2n) is 9.96. The van der Waals surface area contributed by atoms with Gasteiger partial charge in [0.2, 0.25) is 0 Å². The highest BCUT2D eigenvalue weighted by molar-refractivity contribution is 6.17. The number of pyridine rings is 1. The Kier molecular flexibility index (Phi) is 4.85. The first-order valence-corrected chi connectivity index (χ1v) is 13.2. The summed E-state index contributed by atoms with van der Waals surface area (Å²) in [4.78, 5) is 4.49. The van der Waals surface area contributed by atoms with Crippen LogP contribution in [0.25, 0.3) is 71.8 Å². The van der Waals surface area contributed by atoms with E-state index in [2.05, 4.69) is 101 Å². The van der Waals surface area contributed by atoms with Crippen LogP contribution in [0.3, 0.4) is 0 Å². The summed E-state index contributed by atoms with van der Waals surface area (Å²) in [5.41, 5.74) is 9.43. The maximum atomic E-state index is 9.59. The number of rotatable bonds is 3. The van der Waals surface area contributed by atoms with Crippen LogP contribution < -0.4 is 0 Å². The van der Waals surface area contributed by atoms with Crippen molar-refractivity contribution in [3.63, 3.8) is 0 Å². The third-order valence-electron chi connectivity index (χ3n) is 7.67. The van der Waals surface area contributed by atoms with Crippen LogP contribution in [0.2, 0.25) is 0 Å². The average molecular weight is 512 g/mol. The standard InChI is InChI=1S/C36H21N3O/c37-22-26-11-7-17-38-36(26)25-10-5-8-23(18-25)24-9-6-12-27(19-24)39-32-15-3-1-13-28(32)30-20-31-29-14-2-4-16-34(29)40-35(31)21-33(30)39/h1-21H. The lowest BCUT2D eigenvalue weighted by Gasteiger charge is -2.11. The number of hydrogen-bond donors (Lipinski definition) is 0. The second kappa shape index (κ2) is 8.69. The van der Waals surface area contributed by atoms with Gasteiger partial charge in [0.25, 0.3) is 0 Å². The van der Waals surface area contributed by atoms with Crippen molar-refractivity contribution in [2.45, 2.75) is 0 Å². The predicted molar refractivity (Wildman–Crippen MR) is 161 cm³/mol. The van der Waals surface area contributed by atoms with Gasteiger partial charge >= 0.3 is 0 Å². The van der Waals surface area contributed by atoms with Gasteiger partial charge in [0.05, 0.1) is 22.3 Å². The van der Waals surface area contributed by atoms with Gasteiger partial charge < -0.3 is 8.98 Å². The first-order chi connectivity index (χ1) is 19.8. The molecule has 0 fully saturated rings. The second-order valence-corrected chi connectivity index (χ2v) is 9.96. The number of para-hydroxylation sites is 2. The fourth-order valence-electron chi connectivity index (χ4n) is 5.86. The Bertz CT molecular complexity index is 2300. The summed E-state index contributed by atoms with van der Waals surface area (Å²) in [6, 6.07) is 43.9. The molecule has 4 heteroatoms. The quantitative estimate of drug-likeness (QED) is 0.237. The van der Waals surface area contributed by atoms with E-state index in [-0.39, 0.29) is 0 Å². The van der Waals surface area contributed by atoms with Crippen molar-refractivity contribution in [2.24, 2.45) is 0 Å². The van der Waals surface area contributed by atoms with Crippen molar-refractivity contribution in [1.29, 1.82) is 5.26 Å². The normalized spacial score (nSPS) is 11.5. The lowest BCUT2D eigenvalue weighted by atomic mass is 9.99. The molecule has 3 aromatic heterocycles. The Morgan fingerprint density at radius 3 is 2.25 bits per heavy atom. The van der Waals surface area contributed by atoms with Crippen molar-refractivity contribution >= 4 is 43.7 Å². The molecule has 40 heavy (non-hydrogen) atoms. The van der Waals surface area contributed by atoms with Gasteiger partial charge in [-0.15, -0.1) is 0 Å². The van der Waals surface area contributed by atoms with Crippen LogP contribution in [0.4, 0.5) is 0 Å². The van der Waals surface area contributed by atoms with Crippen LogP contribution in [-0.2, 0) is 0 Å². The molecule has 4 nitrogen and oxygen atoms in total. The molecule has 0 unspecified atom stereocenters. The zero-order valence-corrected chi connectivity index (χ0v) is 21.4. The Labute approximate surface area is 230 Å². The van der Waals surface area contributed by atoms with Gasteiger partial charge in [-0.1, -0.05) is 66.7 Å². The first kappa shape index (κ1) is 22.3. The van der Waals surface area contributed by atoms with E-state index in [1.165, 1.54) is 10.8 Å². The van der Waals surface area contributed by atoms with Crippen molar-refractivity contribution in [3.05, 3.63) is 133 Å². The van der Waals surface area contributed by atoms with E-state index < -0.39 is 0 Å². The molecular formula is C36H21N3O. The number of hydrogen-bond acceptors (Lipinski definition) is 3. The van der Waals surface area contributed by atoms with Gasteiger partial charge in [-0.05, 0) is 59.7 Å². The van der Waals surface area contributed by atoms with Gasteiger partial charge in [-0.3, -0.25) is 4.98 Å². The third-order valence-corrected chi connectivity index (χ3v) is 7.67. The van der Waals surface area contributed by atoms with Crippen molar-refractivity contribution in [3.8, 4) is 34.1 Å². The van der Waals surface area contributed by atoms with Gasteiger partial charge in [0.15, 0.2) is 0 Å². The van der Waals surface area contributed by atoms with Gasteiger partial charge in [-0.2, -0.15) is 5.26 Å². The monoisotopic (exact) mass is 511 g/mol. The minimum atomic E-state index is 0.565. The molecule has 0 N–H and O–H groups in total. The van der Waals surface area contributed by atoms with E-state index in [1.54, 1.807) is 18.3 Å². The minimum Gasteiger partial charge on any atom is -0.456 e. The van der Waals surface area contributed by atoms with E-state index in [1.807, 2.05) is 24.3 Å². The Morgan fingerprint density at radius 2 is 1.35 bits per heavy atom. The van der Waals surface area contributed by atoms with Crippen LogP contribution in [0, 0.1) is 11.3 Å². The Hall–Kier alpha value is -5.66. The summed E-state index contributed by atoms with van der Waals surface area (Å²) in [6.07, 6.45) is 1.73. The fourth-order valence-corrected chi connectivity index (χ4v) is 5.86. The predicted octanol–water partition coefficient (Wildman–Crippen LogP) is 9.28. The molecule has 0 aliphatic carbocycles. The van der Waals surface area contributed by atoms with Gasteiger partial charge in [0.1, 0.15) is 17.2 Å². The van der Waals surface area contributed by atoms with Crippen molar-refractivity contribution < 1.29 is 4.42 Å². The molecule has 0 bridgehead atoms. The fraction of sp³-hybridized carbons (Fsp3) is 0. The molecule has 8 aromatic rings. The van der Waals surface area contributed by atoms with Crippen LogP contribution in [-0.4, -0.2) is 9.55 Å². The Balaban J connectivity index is 1.33. The molecule has 0 spiro atoms. The lowest BCUT2D eigenvalue weighted by molar-refractivity contribution is 0.669. The van der Waals surface area contributed by atoms with Crippen LogP contribution >= 0.6 is 0 Å². The number of fused-ring (bicyclic) bond motifs is 6.